The van der Waals surface area contributed by atoms with Gasteiger partial charge in [-0.05, 0) is 54.3 Å². The number of benzene rings is 3. The first-order chi connectivity index (χ1) is 18.5. The molecule has 0 saturated heterocycles. The third-order valence-corrected chi connectivity index (χ3v) is 8.34. The molecule has 0 bridgehead atoms. The van der Waals surface area contributed by atoms with Gasteiger partial charge in [-0.15, -0.1) is 0 Å². The number of sulfonamides is 1. The van der Waals surface area contributed by atoms with Crippen LogP contribution in [0.4, 0.5) is 5.69 Å². The number of nitrogens with one attached hydrogen (secondary N) is 1. The Morgan fingerprint density at radius 1 is 0.974 bits per heavy atom. The van der Waals surface area contributed by atoms with E-state index < -0.39 is 28.5 Å². The van der Waals surface area contributed by atoms with Gasteiger partial charge in [-0.2, -0.15) is 0 Å². The summed E-state index contributed by atoms with van der Waals surface area (Å²) >= 11 is 9.71. The van der Waals surface area contributed by atoms with Gasteiger partial charge >= 0.3 is 0 Å². The first kappa shape index (κ1) is 30.7. The van der Waals surface area contributed by atoms with E-state index in [0.717, 1.165) is 32.6 Å². The zero-order valence-corrected chi connectivity index (χ0v) is 25.4. The van der Waals surface area contributed by atoms with Gasteiger partial charge < -0.3 is 10.2 Å². The lowest BCUT2D eigenvalue weighted by atomic mass is 10.0. The van der Waals surface area contributed by atoms with E-state index in [1.54, 1.807) is 25.1 Å². The molecule has 0 heterocycles. The van der Waals surface area contributed by atoms with Crippen LogP contribution < -0.4 is 9.62 Å². The van der Waals surface area contributed by atoms with Crippen molar-refractivity contribution in [2.45, 2.75) is 39.3 Å². The van der Waals surface area contributed by atoms with Crippen molar-refractivity contribution in [2.75, 3.05) is 23.7 Å². The number of amides is 2. The largest absolute Gasteiger partial charge is 0.354 e. The Kier molecular flexibility index (Phi) is 11.0. The highest BCUT2D eigenvalue weighted by atomic mass is 79.9. The number of hydrogen-bond acceptors (Lipinski definition) is 4. The maximum absolute atomic E-state index is 14.0. The molecule has 0 aliphatic carbocycles. The first-order valence-corrected chi connectivity index (χ1v) is 15.6. The number of hydrogen-bond donors (Lipinski definition) is 1. The van der Waals surface area contributed by atoms with Gasteiger partial charge in [0.05, 0.1) is 11.9 Å². The third-order valence-electron chi connectivity index (χ3n) is 6.27. The van der Waals surface area contributed by atoms with Crippen molar-refractivity contribution < 1.29 is 18.0 Å². The highest BCUT2D eigenvalue weighted by molar-refractivity contribution is 9.10. The van der Waals surface area contributed by atoms with E-state index in [1.165, 1.54) is 4.90 Å². The maximum atomic E-state index is 14.0. The fourth-order valence-corrected chi connectivity index (χ4v) is 5.50. The van der Waals surface area contributed by atoms with Crippen molar-refractivity contribution >= 4 is 55.1 Å². The minimum Gasteiger partial charge on any atom is -0.354 e. The summed E-state index contributed by atoms with van der Waals surface area (Å²) in [7, 11) is -3.86. The highest BCUT2D eigenvalue weighted by Gasteiger charge is 2.33. The summed E-state index contributed by atoms with van der Waals surface area (Å²) in [5.74, 6) is -0.800. The predicted molar refractivity (Wildman–Crippen MR) is 160 cm³/mol. The number of carbonyl (C=O) groups is 2. The van der Waals surface area contributed by atoms with E-state index in [9.17, 15) is 18.0 Å². The molecule has 3 rings (SSSR count). The summed E-state index contributed by atoms with van der Waals surface area (Å²) in [6.45, 7) is 3.75. The van der Waals surface area contributed by atoms with Crippen molar-refractivity contribution in [3.05, 3.63) is 99.0 Å². The zero-order chi connectivity index (χ0) is 28.6. The molecule has 1 atom stereocenters. The SMILES string of the molecule is CCCNC(=O)C(Cc1ccccc1)N(Cc1ccc(Br)cc1)C(=O)CN(c1cccc(Cl)c1C)S(C)(=O)=O. The normalized spacial score (nSPS) is 12.0. The Bertz CT molecular complexity index is 1390. The lowest BCUT2D eigenvalue weighted by Crippen LogP contribution is -2.53. The molecule has 10 heteroatoms. The molecule has 0 fully saturated rings. The number of nitrogens with zero attached hydrogens (tertiary/aromatic N) is 2. The van der Waals surface area contributed by atoms with Crippen LogP contribution in [0.2, 0.25) is 5.02 Å². The van der Waals surface area contributed by atoms with E-state index in [4.69, 9.17) is 11.6 Å². The Labute approximate surface area is 244 Å². The summed E-state index contributed by atoms with van der Waals surface area (Å²) in [6.07, 6.45) is 2.06. The molecule has 0 aliphatic rings. The van der Waals surface area contributed by atoms with Crippen molar-refractivity contribution in [2.24, 2.45) is 0 Å². The Balaban J connectivity index is 2.06. The van der Waals surface area contributed by atoms with Gasteiger partial charge in [0.15, 0.2) is 0 Å². The standard InChI is InChI=1S/C29H33BrClN3O4S/c1-4-17-32-29(36)27(18-22-9-6-5-7-10-22)33(19-23-13-15-24(30)16-14-23)28(35)20-34(39(3,37)38)26-12-8-11-25(31)21(26)2/h5-16,27H,4,17-20H2,1-3H3,(H,32,36). The summed E-state index contributed by atoms with van der Waals surface area (Å²) in [5, 5.41) is 3.32. The number of anilines is 1. The molecule has 0 aromatic heterocycles. The molecule has 3 aromatic rings. The van der Waals surface area contributed by atoms with Gasteiger partial charge in [0.1, 0.15) is 12.6 Å². The van der Waals surface area contributed by atoms with E-state index >= 15 is 0 Å². The smallest absolute Gasteiger partial charge is 0.244 e. The summed E-state index contributed by atoms with van der Waals surface area (Å²) in [5.41, 5.74) is 2.54. The molecule has 1 unspecified atom stereocenters. The molecular weight excluding hydrogens is 602 g/mol. The number of halogens is 2. The average molecular weight is 635 g/mol. The predicted octanol–water partition coefficient (Wildman–Crippen LogP) is 5.34. The van der Waals surface area contributed by atoms with Crippen LogP contribution in [-0.4, -0.2) is 50.5 Å². The fraction of sp³-hybridized carbons (Fsp3) is 0.310. The van der Waals surface area contributed by atoms with Crippen LogP contribution in [0, 0.1) is 6.92 Å². The lowest BCUT2D eigenvalue weighted by Gasteiger charge is -2.34. The second-order valence-corrected chi connectivity index (χ2v) is 12.5. The quantitative estimate of drug-likeness (QED) is 0.291. The molecule has 7 nitrogen and oxygen atoms in total. The minimum absolute atomic E-state index is 0.120. The van der Waals surface area contributed by atoms with Gasteiger partial charge in [0.25, 0.3) is 0 Å². The van der Waals surface area contributed by atoms with Crippen molar-refractivity contribution in [1.29, 1.82) is 0 Å². The molecule has 0 spiro atoms. The van der Waals surface area contributed by atoms with Crippen LogP contribution in [0.15, 0.2) is 77.3 Å². The van der Waals surface area contributed by atoms with Gasteiger partial charge in [-0.25, -0.2) is 8.42 Å². The van der Waals surface area contributed by atoms with E-state index in [2.05, 4.69) is 21.2 Å². The molecule has 2 amide bonds. The topological polar surface area (TPSA) is 86.8 Å². The van der Waals surface area contributed by atoms with Crippen LogP contribution >= 0.6 is 27.5 Å². The Hall–Kier alpha value is -2.88. The molecule has 0 saturated carbocycles. The average Bonchev–Trinajstić information content (AvgIpc) is 2.90. The lowest BCUT2D eigenvalue weighted by molar-refractivity contribution is -0.140. The second-order valence-electron chi connectivity index (χ2n) is 9.30. The van der Waals surface area contributed by atoms with Crippen LogP contribution in [0.3, 0.4) is 0 Å². The summed E-state index contributed by atoms with van der Waals surface area (Å²) in [6, 6.07) is 21.0. The van der Waals surface area contributed by atoms with Crippen LogP contribution in [-0.2, 0) is 32.6 Å². The molecule has 1 N–H and O–H groups in total. The first-order valence-electron chi connectivity index (χ1n) is 12.6. The van der Waals surface area contributed by atoms with Crippen LogP contribution in [0.1, 0.15) is 30.0 Å². The van der Waals surface area contributed by atoms with Crippen LogP contribution in [0.5, 0.6) is 0 Å². The second kappa shape index (κ2) is 14.0. The molecule has 0 radical (unpaired) electrons. The third kappa shape index (κ3) is 8.55. The number of carbonyl (C=O) groups excluding carboxylic acids is 2. The molecule has 0 aliphatic heterocycles. The van der Waals surface area contributed by atoms with Gasteiger partial charge in [-0.1, -0.05) is 83.0 Å². The Morgan fingerprint density at radius 2 is 1.64 bits per heavy atom. The summed E-state index contributed by atoms with van der Waals surface area (Å²) in [4.78, 5) is 29.0. The van der Waals surface area contributed by atoms with Crippen LogP contribution in [0.25, 0.3) is 0 Å². The van der Waals surface area contributed by atoms with E-state index in [-0.39, 0.29) is 18.9 Å². The van der Waals surface area contributed by atoms with Gasteiger partial charge in [-0.3, -0.25) is 13.9 Å². The molecule has 39 heavy (non-hydrogen) atoms. The fourth-order valence-electron chi connectivity index (χ4n) is 4.17. The molecule has 3 aromatic carbocycles. The number of rotatable bonds is 12. The summed E-state index contributed by atoms with van der Waals surface area (Å²) < 4.78 is 27.8. The minimum atomic E-state index is -3.86. The highest BCUT2D eigenvalue weighted by Crippen LogP contribution is 2.28. The molecular formula is C29H33BrClN3O4S. The maximum Gasteiger partial charge on any atom is 0.244 e. The Morgan fingerprint density at radius 3 is 2.26 bits per heavy atom. The van der Waals surface area contributed by atoms with E-state index in [0.29, 0.717) is 22.8 Å². The van der Waals surface area contributed by atoms with Gasteiger partial charge in [0.2, 0.25) is 21.8 Å². The molecule has 208 valence electrons. The van der Waals surface area contributed by atoms with Gasteiger partial charge in [0, 0.05) is 29.0 Å². The van der Waals surface area contributed by atoms with Crippen molar-refractivity contribution in [3.63, 3.8) is 0 Å². The zero-order valence-electron chi connectivity index (χ0n) is 22.2. The monoisotopic (exact) mass is 633 g/mol. The van der Waals surface area contributed by atoms with Crippen molar-refractivity contribution in [1.82, 2.24) is 10.2 Å². The van der Waals surface area contributed by atoms with Crippen molar-refractivity contribution in [3.8, 4) is 0 Å². The van der Waals surface area contributed by atoms with E-state index in [1.807, 2.05) is 61.5 Å².